The van der Waals surface area contributed by atoms with Crippen molar-refractivity contribution >= 4 is 33.0 Å². The second-order valence-corrected chi connectivity index (χ2v) is 4.56. The van der Waals surface area contributed by atoms with Gasteiger partial charge in [0.05, 0.1) is 4.70 Å². The highest BCUT2D eigenvalue weighted by Crippen LogP contribution is 2.31. The summed E-state index contributed by atoms with van der Waals surface area (Å²) in [5, 5.41) is 4.18. The third kappa shape index (κ3) is 1.15. The third-order valence-electron chi connectivity index (χ3n) is 2.01. The minimum atomic E-state index is 1.00. The highest BCUT2D eigenvalue weighted by atomic mass is 32.1. The van der Waals surface area contributed by atoms with E-state index in [2.05, 4.69) is 21.5 Å². The molecule has 14 heavy (non-hydrogen) atoms. The summed E-state index contributed by atoms with van der Waals surface area (Å²) in [5.74, 6) is 0. The van der Waals surface area contributed by atoms with Crippen LogP contribution < -0.4 is 0 Å². The second-order valence-electron chi connectivity index (χ2n) is 2.86. The lowest BCUT2D eigenvalue weighted by Crippen LogP contribution is -1.74. The summed E-state index contributed by atoms with van der Waals surface area (Å²) in [7, 11) is 0. The first kappa shape index (κ1) is 8.08. The van der Waals surface area contributed by atoms with Crippen molar-refractivity contribution in [2.45, 2.75) is 0 Å². The maximum absolute atomic E-state index is 4.43. The van der Waals surface area contributed by atoms with Gasteiger partial charge in [-0.3, -0.25) is 0 Å². The van der Waals surface area contributed by atoms with Crippen molar-refractivity contribution in [1.82, 2.24) is 9.36 Å². The third-order valence-corrected chi connectivity index (χ3v) is 3.62. The summed E-state index contributed by atoms with van der Waals surface area (Å²) in [6, 6.07) is 8.25. The Morgan fingerprint density at radius 1 is 1.14 bits per heavy atom. The van der Waals surface area contributed by atoms with Crippen molar-refractivity contribution in [2.75, 3.05) is 0 Å². The number of thiazole rings is 1. The Morgan fingerprint density at radius 2 is 2.07 bits per heavy atom. The Balaban J connectivity index is 2.33. The summed E-state index contributed by atoms with van der Waals surface area (Å²) < 4.78 is 5.65. The number of rotatable bonds is 1. The van der Waals surface area contributed by atoms with Gasteiger partial charge in [0.15, 0.2) is 0 Å². The summed E-state index contributed by atoms with van der Waals surface area (Å²) in [5.41, 5.74) is 1.01. The molecule has 3 aromatic rings. The number of nitrogens with zero attached hydrogens (tertiary/aromatic N) is 2. The Bertz CT molecular complexity index is 554. The molecule has 0 radical (unpaired) electrons. The van der Waals surface area contributed by atoms with E-state index < -0.39 is 0 Å². The van der Waals surface area contributed by atoms with E-state index in [0.29, 0.717) is 0 Å². The molecule has 0 atom stereocenters. The van der Waals surface area contributed by atoms with Crippen molar-refractivity contribution in [1.29, 1.82) is 0 Å². The molecule has 3 rings (SSSR count). The first-order valence-electron chi connectivity index (χ1n) is 4.19. The van der Waals surface area contributed by atoms with E-state index in [1.165, 1.54) is 21.6 Å². The number of benzene rings is 1. The van der Waals surface area contributed by atoms with Crippen LogP contribution in [0.4, 0.5) is 0 Å². The topological polar surface area (TPSA) is 25.8 Å². The predicted molar refractivity (Wildman–Crippen MR) is 60.7 cm³/mol. The van der Waals surface area contributed by atoms with Gasteiger partial charge >= 0.3 is 0 Å². The van der Waals surface area contributed by atoms with Crippen LogP contribution in [-0.2, 0) is 0 Å². The minimum absolute atomic E-state index is 1.00. The molecule has 0 unspecified atom stereocenters. The standard InChI is InChI=1S/C10H6N2S2/c1-2-4-8-7(3-1)9(12-14-8)10-11-5-6-13-10/h1-6H. The molecule has 0 N–H and O–H groups in total. The molecule has 1 aromatic carbocycles. The van der Waals surface area contributed by atoms with Gasteiger partial charge < -0.3 is 0 Å². The smallest absolute Gasteiger partial charge is 0.143 e. The average Bonchev–Trinajstić information content (AvgIpc) is 2.85. The van der Waals surface area contributed by atoms with E-state index in [4.69, 9.17) is 0 Å². The molecule has 68 valence electrons. The maximum Gasteiger partial charge on any atom is 0.143 e. The number of hydrogen-bond acceptors (Lipinski definition) is 4. The van der Waals surface area contributed by atoms with Crippen LogP contribution in [0.25, 0.3) is 20.8 Å². The van der Waals surface area contributed by atoms with Gasteiger partial charge in [-0.05, 0) is 17.6 Å². The maximum atomic E-state index is 4.43. The van der Waals surface area contributed by atoms with E-state index in [-0.39, 0.29) is 0 Å². The van der Waals surface area contributed by atoms with Crippen LogP contribution in [-0.4, -0.2) is 9.36 Å². The van der Waals surface area contributed by atoms with E-state index >= 15 is 0 Å². The molecule has 0 saturated heterocycles. The van der Waals surface area contributed by atoms with Gasteiger partial charge in [0, 0.05) is 17.0 Å². The van der Waals surface area contributed by atoms with E-state index in [0.717, 1.165) is 10.7 Å². The first-order valence-corrected chi connectivity index (χ1v) is 5.85. The van der Waals surface area contributed by atoms with E-state index in [9.17, 15) is 0 Å². The van der Waals surface area contributed by atoms with Gasteiger partial charge in [0.2, 0.25) is 0 Å². The first-order chi connectivity index (χ1) is 6.95. The lowest BCUT2D eigenvalue weighted by molar-refractivity contribution is 1.39. The van der Waals surface area contributed by atoms with Crippen LogP contribution in [0.2, 0.25) is 0 Å². The number of fused-ring (bicyclic) bond motifs is 1. The van der Waals surface area contributed by atoms with Crippen molar-refractivity contribution in [3.63, 3.8) is 0 Å². The molecule has 0 spiro atoms. The van der Waals surface area contributed by atoms with E-state index in [1.54, 1.807) is 11.3 Å². The molecular weight excluding hydrogens is 212 g/mol. The summed E-state index contributed by atoms with van der Waals surface area (Å²) >= 11 is 3.16. The molecule has 0 bridgehead atoms. The molecule has 0 aliphatic rings. The molecule has 0 fully saturated rings. The second kappa shape index (κ2) is 3.15. The Kier molecular flexibility index (Phi) is 1.82. The Hall–Kier alpha value is -1.26. The molecule has 2 nitrogen and oxygen atoms in total. The fourth-order valence-electron chi connectivity index (χ4n) is 1.38. The highest BCUT2D eigenvalue weighted by molar-refractivity contribution is 7.15. The van der Waals surface area contributed by atoms with Crippen LogP contribution in [0, 0.1) is 0 Å². The zero-order chi connectivity index (χ0) is 9.38. The summed E-state index contributed by atoms with van der Waals surface area (Å²) in [6.45, 7) is 0. The molecule has 0 aliphatic carbocycles. The summed E-state index contributed by atoms with van der Waals surface area (Å²) in [6.07, 6.45) is 1.81. The Morgan fingerprint density at radius 3 is 2.93 bits per heavy atom. The van der Waals surface area contributed by atoms with Gasteiger partial charge in [-0.25, -0.2) is 4.98 Å². The molecule has 0 aliphatic heterocycles. The van der Waals surface area contributed by atoms with Gasteiger partial charge in [0.25, 0.3) is 0 Å². The quantitative estimate of drug-likeness (QED) is 0.625. The highest BCUT2D eigenvalue weighted by Gasteiger charge is 2.08. The molecule has 2 aromatic heterocycles. The fraction of sp³-hybridized carbons (Fsp3) is 0. The lowest BCUT2D eigenvalue weighted by atomic mass is 10.2. The molecular formula is C10H6N2S2. The zero-order valence-corrected chi connectivity index (χ0v) is 8.81. The molecule has 0 saturated carbocycles. The van der Waals surface area contributed by atoms with Crippen LogP contribution >= 0.6 is 22.9 Å². The fourth-order valence-corrected chi connectivity index (χ4v) is 2.85. The number of aromatic nitrogens is 2. The van der Waals surface area contributed by atoms with E-state index in [1.807, 2.05) is 23.7 Å². The van der Waals surface area contributed by atoms with Crippen molar-refractivity contribution in [2.24, 2.45) is 0 Å². The summed E-state index contributed by atoms with van der Waals surface area (Å²) in [4.78, 5) is 4.27. The zero-order valence-electron chi connectivity index (χ0n) is 7.18. The van der Waals surface area contributed by atoms with Gasteiger partial charge in [0.1, 0.15) is 10.7 Å². The van der Waals surface area contributed by atoms with Crippen LogP contribution in [0.1, 0.15) is 0 Å². The average molecular weight is 218 g/mol. The van der Waals surface area contributed by atoms with Gasteiger partial charge in [-0.1, -0.05) is 18.2 Å². The SMILES string of the molecule is c1ccc2c(-c3nccs3)nsc2c1. The normalized spacial score (nSPS) is 10.9. The van der Waals surface area contributed by atoms with Crippen LogP contribution in [0.3, 0.4) is 0 Å². The van der Waals surface area contributed by atoms with Crippen molar-refractivity contribution in [3.8, 4) is 10.7 Å². The van der Waals surface area contributed by atoms with Crippen LogP contribution in [0.5, 0.6) is 0 Å². The largest absolute Gasteiger partial charge is 0.243 e. The van der Waals surface area contributed by atoms with Crippen molar-refractivity contribution < 1.29 is 0 Å². The molecule has 4 heteroatoms. The van der Waals surface area contributed by atoms with Crippen molar-refractivity contribution in [3.05, 3.63) is 35.8 Å². The molecule has 2 heterocycles. The lowest BCUT2D eigenvalue weighted by Gasteiger charge is -1.90. The van der Waals surface area contributed by atoms with Gasteiger partial charge in [-0.2, -0.15) is 4.37 Å². The molecule has 0 amide bonds. The Labute approximate surface area is 89.0 Å². The minimum Gasteiger partial charge on any atom is -0.243 e. The predicted octanol–water partition coefficient (Wildman–Crippen LogP) is 3.42. The number of hydrogen-bond donors (Lipinski definition) is 0. The van der Waals surface area contributed by atoms with Gasteiger partial charge in [-0.15, -0.1) is 11.3 Å². The van der Waals surface area contributed by atoms with Crippen LogP contribution in [0.15, 0.2) is 35.8 Å². The monoisotopic (exact) mass is 218 g/mol.